The maximum absolute atomic E-state index is 11.7. The van der Waals surface area contributed by atoms with Crippen molar-refractivity contribution >= 4 is 13.3 Å². The minimum Gasteiger partial charge on any atom is -0.328 e. The van der Waals surface area contributed by atoms with Crippen LogP contribution in [0.1, 0.15) is 18.1 Å². The summed E-state index contributed by atoms with van der Waals surface area (Å²) >= 11 is 0. The molecule has 0 bridgehead atoms. The summed E-state index contributed by atoms with van der Waals surface area (Å²) in [5.41, 5.74) is 2.50. The Hall–Kier alpha value is -1.37. The lowest BCUT2D eigenvalue weighted by Gasteiger charge is -2.05. The molecule has 18 heavy (non-hydrogen) atoms. The van der Waals surface area contributed by atoms with Crippen LogP contribution in [0.4, 0.5) is 0 Å². The first kappa shape index (κ1) is 13.1. The van der Waals surface area contributed by atoms with E-state index in [1.807, 2.05) is 49.4 Å². The SMILES string of the molecule is CCO[PH](=O)c1ccc(Cc2ccccc2)cc1. The summed E-state index contributed by atoms with van der Waals surface area (Å²) in [5, 5.41) is 0.790. The van der Waals surface area contributed by atoms with E-state index in [2.05, 4.69) is 12.1 Å². The molecule has 0 N–H and O–H groups in total. The first-order valence-electron chi connectivity index (χ1n) is 6.09. The molecule has 0 amide bonds. The molecular formula is C15H17O2P. The highest BCUT2D eigenvalue weighted by Crippen LogP contribution is 2.21. The molecule has 3 heteroatoms. The van der Waals surface area contributed by atoms with Gasteiger partial charge in [0.2, 0.25) is 8.03 Å². The van der Waals surface area contributed by atoms with E-state index in [1.54, 1.807) is 0 Å². The molecule has 2 aromatic carbocycles. The second-order valence-corrected chi connectivity index (χ2v) is 5.52. The Bertz CT molecular complexity index is 506. The predicted octanol–water partition coefficient (Wildman–Crippen LogP) is 3.41. The monoisotopic (exact) mass is 260 g/mol. The van der Waals surface area contributed by atoms with Gasteiger partial charge in [-0.1, -0.05) is 42.5 Å². The van der Waals surface area contributed by atoms with E-state index in [1.165, 1.54) is 11.1 Å². The second kappa shape index (κ2) is 6.53. The zero-order valence-electron chi connectivity index (χ0n) is 10.4. The van der Waals surface area contributed by atoms with E-state index in [9.17, 15) is 4.57 Å². The van der Waals surface area contributed by atoms with Crippen molar-refractivity contribution in [3.63, 3.8) is 0 Å². The van der Waals surface area contributed by atoms with E-state index < -0.39 is 8.03 Å². The van der Waals surface area contributed by atoms with Gasteiger partial charge in [-0.15, -0.1) is 0 Å². The molecule has 0 saturated heterocycles. The standard InChI is InChI=1S/C15H17O2P/c1-2-17-18(16)15-10-8-14(9-11-15)12-13-6-4-3-5-7-13/h3-11,18H,2,12H2,1H3. The number of hydrogen-bond donors (Lipinski definition) is 0. The van der Waals surface area contributed by atoms with Crippen LogP contribution in [0.3, 0.4) is 0 Å². The van der Waals surface area contributed by atoms with Crippen LogP contribution >= 0.6 is 8.03 Å². The summed E-state index contributed by atoms with van der Waals surface area (Å²) in [6.45, 7) is 2.34. The molecule has 0 aliphatic rings. The molecule has 1 atom stereocenters. The van der Waals surface area contributed by atoms with Gasteiger partial charge in [0.15, 0.2) is 0 Å². The van der Waals surface area contributed by atoms with Crippen molar-refractivity contribution in [2.45, 2.75) is 13.3 Å². The average molecular weight is 260 g/mol. The number of hydrogen-bond acceptors (Lipinski definition) is 2. The third-order valence-corrected chi connectivity index (χ3v) is 4.07. The van der Waals surface area contributed by atoms with Crippen LogP contribution in [-0.4, -0.2) is 6.61 Å². The molecule has 0 aliphatic carbocycles. The Balaban J connectivity index is 2.06. The van der Waals surface area contributed by atoms with Gasteiger partial charge in [-0.25, -0.2) is 0 Å². The molecular weight excluding hydrogens is 243 g/mol. The molecule has 2 rings (SSSR count). The molecule has 94 valence electrons. The summed E-state index contributed by atoms with van der Waals surface area (Å²) in [6, 6.07) is 18.1. The minimum absolute atomic E-state index is 0.490. The van der Waals surface area contributed by atoms with Gasteiger partial charge in [0.25, 0.3) is 0 Å². The van der Waals surface area contributed by atoms with Gasteiger partial charge in [-0.05, 0) is 36.6 Å². The van der Waals surface area contributed by atoms with E-state index >= 15 is 0 Å². The Kier molecular flexibility index (Phi) is 4.74. The molecule has 0 aliphatic heterocycles. The van der Waals surface area contributed by atoms with Crippen LogP contribution in [0.25, 0.3) is 0 Å². The van der Waals surface area contributed by atoms with Crippen molar-refractivity contribution in [3.05, 3.63) is 65.7 Å². The largest absolute Gasteiger partial charge is 0.328 e. The van der Waals surface area contributed by atoms with Gasteiger partial charge in [-0.2, -0.15) is 0 Å². The molecule has 1 unspecified atom stereocenters. The topological polar surface area (TPSA) is 26.3 Å². The highest BCUT2D eigenvalue weighted by Gasteiger charge is 2.03. The summed E-state index contributed by atoms with van der Waals surface area (Å²) in [7, 11) is -2.06. The van der Waals surface area contributed by atoms with Gasteiger partial charge >= 0.3 is 0 Å². The van der Waals surface area contributed by atoms with Crippen LogP contribution in [0.2, 0.25) is 0 Å². The highest BCUT2D eigenvalue weighted by atomic mass is 31.1. The van der Waals surface area contributed by atoms with Crippen molar-refractivity contribution in [3.8, 4) is 0 Å². The Morgan fingerprint density at radius 2 is 1.56 bits per heavy atom. The van der Waals surface area contributed by atoms with E-state index in [0.29, 0.717) is 6.61 Å². The summed E-state index contributed by atoms with van der Waals surface area (Å²) in [4.78, 5) is 0. The maximum atomic E-state index is 11.7. The quantitative estimate of drug-likeness (QED) is 0.770. The third-order valence-electron chi connectivity index (χ3n) is 2.72. The lowest BCUT2D eigenvalue weighted by molar-refractivity contribution is 0.357. The predicted molar refractivity (Wildman–Crippen MR) is 76.0 cm³/mol. The minimum atomic E-state index is -2.06. The number of rotatable bonds is 5. The molecule has 0 radical (unpaired) electrons. The third kappa shape index (κ3) is 3.56. The summed E-state index contributed by atoms with van der Waals surface area (Å²) < 4.78 is 16.8. The van der Waals surface area contributed by atoms with E-state index in [0.717, 1.165) is 11.7 Å². The molecule has 0 heterocycles. The van der Waals surface area contributed by atoms with Crippen LogP contribution in [-0.2, 0) is 15.5 Å². The smallest absolute Gasteiger partial charge is 0.220 e. The van der Waals surface area contributed by atoms with Crippen LogP contribution in [0.15, 0.2) is 54.6 Å². The first-order valence-corrected chi connectivity index (χ1v) is 7.41. The lowest BCUT2D eigenvalue weighted by atomic mass is 10.1. The average Bonchev–Trinajstić information content (AvgIpc) is 2.41. The van der Waals surface area contributed by atoms with Crippen molar-refractivity contribution in [1.82, 2.24) is 0 Å². The van der Waals surface area contributed by atoms with Gasteiger partial charge < -0.3 is 4.52 Å². The molecule has 0 spiro atoms. The van der Waals surface area contributed by atoms with E-state index in [4.69, 9.17) is 4.52 Å². The summed E-state index contributed by atoms with van der Waals surface area (Å²) in [6.07, 6.45) is 0.899. The van der Waals surface area contributed by atoms with Gasteiger partial charge in [0, 0.05) is 5.30 Å². The first-order chi connectivity index (χ1) is 8.79. The maximum Gasteiger partial charge on any atom is 0.220 e. The molecule has 2 aromatic rings. The van der Waals surface area contributed by atoms with Crippen molar-refractivity contribution in [1.29, 1.82) is 0 Å². The summed E-state index contributed by atoms with van der Waals surface area (Å²) in [5.74, 6) is 0. The molecule has 0 fully saturated rings. The van der Waals surface area contributed by atoms with Crippen LogP contribution < -0.4 is 5.30 Å². The van der Waals surface area contributed by atoms with Gasteiger partial charge in [0.1, 0.15) is 0 Å². The van der Waals surface area contributed by atoms with E-state index in [-0.39, 0.29) is 0 Å². The van der Waals surface area contributed by atoms with Crippen LogP contribution in [0, 0.1) is 0 Å². The fourth-order valence-electron chi connectivity index (χ4n) is 1.80. The number of benzene rings is 2. The highest BCUT2D eigenvalue weighted by molar-refractivity contribution is 7.48. The Morgan fingerprint density at radius 3 is 2.17 bits per heavy atom. The van der Waals surface area contributed by atoms with Gasteiger partial charge in [0.05, 0.1) is 6.61 Å². The molecule has 0 saturated carbocycles. The molecule has 2 nitrogen and oxygen atoms in total. The normalized spacial score (nSPS) is 12.3. The fraction of sp³-hybridized carbons (Fsp3) is 0.200. The van der Waals surface area contributed by atoms with Crippen LogP contribution in [0.5, 0.6) is 0 Å². The Labute approximate surface area is 108 Å². The van der Waals surface area contributed by atoms with Crippen molar-refractivity contribution in [2.75, 3.05) is 6.61 Å². The molecule has 0 aromatic heterocycles. The van der Waals surface area contributed by atoms with Crippen molar-refractivity contribution in [2.24, 2.45) is 0 Å². The zero-order chi connectivity index (χ0) is 12.8. The van der Waals surface area contributed by atoms with Crippen molar-refractivity contribution < 1.29 is 9.09 Å². The lowest BCUT2D eigenvalue weighted by Crippen LogP contribution is -1.99. The second-order valence-electron chi connectivity index (χ2n) is 4.08. The van der Waals surface area contributed by atoms with Gasteiger partial charge in [-0.3, -0.25) is 4.57 Å². The Morgan fingerprint density at radius 1 is 0.944 bits per heavy atom. The zero-order valence-corrected chi connectivity index (χ0v) is 11.4. The fourth-order valence-corrected chi connectivity index (χ4v) is 2.67.